The average Bonchev–Trinajstić information content (AvgIpc) is 3.28. The Hall–Kier alpha value is -2.81. The number of likely N-dealkylation sites (tertiary alicyclic amines) is 1. The van der Waals surface area contributed by atoms with Crippen LogP contribution in [0, 0.1) is 5.92 Å². The molecule has 2 amide bonds. The lowest BCUT2D eigenvalue weighted by atomic mass is 10.1. The number of hydrogen-bond donors (Lipinski definition) is 1. The largest absolute Gasteiger partial charge is 0.383 e. The Balaban J connectivity index is 1.50. The second-order valence-corrected chi connectivity index (χ2v) is 5.82. The summed E-state index contributed by atoms with van der Waals surface area (Å²) in [5.74, 6) is 0.221. The van der Waals surface area contributed by atoms with Gasteiger partial charge in [-0.3, -0.25) is 9.59 Å². The van der Waals surface area contributed by atoms with Gasteiger partial charge >= 0.3 is 0 Å². The Morgan fingerprint density at radius 1 is 1.44 bits per heavy atom. The number of nitrogens with one attached hydrogen (secondary N) is 1. The van der Waals surface area contributed by atoms with Crippen LogP contribution in [0.15, 0.2) is 31.0 Å². The summed E-state index contributed by atoms with van der Waals surface area (Å²) in [5.41, 5.74) is 0.873. The summed E-state index contributed by atoms with van der Waals surface area (Å²) in [6.07, 6.45) is 4.94. The van der Waals surface area contributed by atoms with Crippen LogP contribution >= 0.6 is 0 Å². The summed E-state index contributed by atoms with van der Waals surface area (Å²) >= 11 is 0. The molecule has 9 heteroatoms. The number of nitrogens with zero attached hydrogens (tertiary/aromatic N) is 5. The number of rotatable bonds is 7. The smallest absolute Gasteiger partial charge is 0.225 e. The van der Waals surface area contributed by atoms with Gasteiger partial charge in [0.25, 0.3) is 0 Å². The Morgan fingerprint density at radius 3 is 3.00 bits per heavy atom. The summed E-state index contributed by atoms with van der Waals surface area (Å²) < 4.78 is 6.53. The fourth-order valence-electron chi connectivity index (χ4n) is 2.68. The Kier molecular flexibility index (Phi) is 5.34. The number of carbonyl (C=O) groups is 2. The van der Waals surface area contributed by atoms with Crippen molar-refractivity contribution in [2.24, 2.45) is 5.92 Å². The van der Waals surface area contributed by atoms with Gasteiger partial charge in [0.1, 0.15) is 12.7 Å². The predicted octanol–water partition coefficient (Wildman–Crippen LogP) is -0.227. The summed E-state index contributed by atoms with van der Waals surface area (Å²) in [6.45, 7) is 1.81. The van der Waals surface area contributed by atoms with Gasteiger partial charge < -0.3 is 15.0 Å². The van der Waals surface area contributed by atoms with Gasteiger partial charge in [0.05, 0.1) is 12.5 Å². The first-order valence-electron chi connectivity index (χ1n) is 8.01. The van der Waals surface area contributed by atoms with E-state index >= 15 is 0 Å². The number of ether oxygens (including phenoxy) is 1. The van der Waals surface area contributed by atoms with Crippen LogP contribution in [0.25, 0.3) is 5.82 Å². The van der Waals surface area contributed by atoms with Crippen LogP contribution in [-0.2, 0) is 20.9 Å². The lowest BCUT2D eigenvalue weighted by Gasteiger charge is -2.15. The van der Waals surface area contributed by atoms with E-state index in [-0.39, 0.29) is 24.2 Å². The molecule has 0 aliphatic carbocycles. The first-order chi connectivity index (χ1) is 12.2. The van der Waals surface area contributed by atoms with E-state index in [4.69, 9.17) is 4.74 Å². The van der Waals surface area contributed by atoms with Crippen molar-refractivity contribution in [1.29, 1.82) is 0 Å². The Bertz CT molecular complexity index is 716. The number of amides is 2. The van der Waals surface area contributed by atoms with Crippen LogP contribution in [0.4, 0.5) is 0 Å². The van der Waals surface area contributed by atoms with Gasteiger partial charge in [-0.2, -0.15) is 5.10 Å². The average molecular weight is 344 g/mol. The van der Waals surface area contributed by atoms with E-state index in [0.717, 1.165) is 5.56 Å². The third-order valence-corrected chi connectivity index (χ3v) is 4.08. The molecule has 3 rings (SSSR count). The number of hydrogen-bond acceptors (Lipinski definition) is 6. The van der Waals surface area contributed by atoms with E-state index in [2.05, 4.69) is 20.4 Å². The number of pyridine rings is 1. The topological polar surface area (TPSA) is 102 Å². The molecule has 0 aromatic carbocycles. The van der Waals surface area contributed by atoms with Crippen LogP contribution in [0.1, 0.15) is 12.0 Å². The summed E-state index contributed by atoms with van der Waals surface area (Å²) in [6, 6.07) is 3.68. The van der Waals surface area contributed by atoms with Crippen molar-refractivity contribution in [3.05, 3.63) is 36.5 Å². The van der Waals surface area contributed by atoms with Crippen molar-refractivity contribution in [2.45, 2.75) is 13.0 Å². The minimum Gasteiger partial charge on any atom is -0.383 e. The van der Waals surface area contributed by atoms with E-state index in [1.165, 1.54) is 6.33 Å². The first kappa shape index (κ1) is 17.0. The lowest BCUT2D eigenvalue weighted by Crippen LogP contribution is -2.33. The number of methoxy groups -OCH3 is 1. The molecule has 1 aliphatic heterocycles. The fourth-order valence-corrected chi connectivity index (χ4v) is 2.68. The maximum absolute atomic E-state index is 12.3. The van der Waals surface area contributed by atoms with Crippen molar-refractivity contribution in [3.8, 4) is 5.82 Å². The van der Waals surface area contributed by atoms with Gasteiger partial charge in [0.15, 0.2) is 5.82 Å². The molecule has 2 aromatic heterocycles. The van der Waals surface area contributed by atoms with Crippen LogP contribution < -0.4 is 5.32 Å². The minimum absolute atomic E-state index is 0.00366. The maximum atomic E-state index is 12.3. The molecule has 1 N–H and O–H groups in total. The highest BCUT2D eigenvalue weighted by Crippen LogP contribution is 2.17. The standard InChI is InChI=1S/C16H20N6O3/c1-25-5-4-21-9-13(6-15(21)23)16(24)19-8-12-2-3-14(18-7-12)22-11-17-10-20-22/h2-3,7,10-11,13H,4-6,8-9H2,1H3,(H,19,24)/t13-/m0/s1. The zero-order valence-corrected chi connectivity index (χ0v) is 14.0. The van der Waals surface area contributed by atoms with Gasteiger partial charge in [-0.25, -0.2) is 14.6 Å². The SMILES string of the molecule is COCCN1C[C@@H](C(=O)NCc2ccc(-n3cncn3)nc2)CC1=O. The van der Waals surface area contributed by atoms with E-state index in [0.29, 0.717) is 32.1 Å². The second-order valence-electron chi connectivity index (χ2n) is 5.82. The first-order valence-corrected chi connectivity index (χ1v) is 8.01. The predicted molar refractivity (Wildman–Crippen MR) is 87.6 cm³/mol. The molecule has 0 unspecified atom stereocenters. The molecular weight excluding hydrogens is 324 g/mol. The quantitative estimate of drug-likeness (QED) is 0.745. The van der Waals surface area contributed by atoms with Crippen LogP contribution in [0.2, 0.25) is 0 Å². The molecule has 9 nitrogen and oxygen atoms in total. The zero-order chi connectivity index (χ0) is 17.6. The maximum Gasteiger partial charge on any atom is 0.225 e. The molecule has 0 radical (unpaired) electrons. The molecular formula is C16H20N6O3. The van der Waals surface area contributed by atoms with Gasteiger partial charge in [-0.05, 0) is 11.6 Å². The van der Waals surface area contributed by atoms with Crippen LogP contribution in [0.5, 0.6) is 0 Å². The van der Waals surface area contributed by atoms with Crippen molar-refractivity contribution in [1.82, 2.24) is 30.0 Å². The summed E-state index contributed by atoms with van der Waals surface area (Å²) in [7, 11) is 1.59. The second kappa shape index (κ2) is 7.84. The van der Waals surface area contributed by atoms with E-state index in [9.17, 15) is 9.59 Å². The fraction of sp³-hybridized carbons (Fsp3) is 0.438. The summed E-state index contributed by atoms with van der Waals surface area (Å²) in [4.78, 5) is 34.0. The molecule has 0 saturated carbocycles. The third kappa shape index (κ3) is 4.18. The zero-order valence-electron chi connectivity index (χ0n) is 14.0. The van der Waals surface area contributed by atoms with Crippen LogP contribution in [-0.4, -0.2) is 63.3 Å². The molecule has 1 aliphatic rings. The molecule has 1 saturated heterocycles. The summed E-state index contributed by atoms with van der Waals surface area (Å²) in [5, 5.41) is 6.87. The number of carbonyl (C=O) groups excluding carboxylic acids is 2. The van der Waals surface area contributed by atoms with Gasteiger partial charge in [-0.1, -0.05) is 6.07 Å². The van der Waals surface area contributed by atoms with Crippen molar-refractivity contribution in [3.63, 3.8) is 0 Å². The normalized spacial score (nSPS) is 17.1. The van der Waals surface area contributed by atoms with E-state index < -0.39 is 0 Å². The molecule has 25 heavy (non-hydrogen) atoms. The van der Waals surface area contributed by atoms with Crippen molar-refractivity contribution < 1.29 is 14.3 Å². The Morgan fingerprint density at radius 2 is 2.32 bits per heavy atom. The van der Waals surface area contributed by atoms with Crippen molar-refractivity contribution in [2.75, 3.05) is 26.8 Å². The molecule has 0 spiro atoms. The molecule has 0 bridgehead atoms. The third-order valence-electron chi connectivity index (χ3n) is 4.08. The molecule has 1 atom stereocenters. The highest BCUT2D eigenvalue weighted by molar-refractivity contribution is 5.89. The monoisotopic (exact) mass is 344 g/mol. The van der Waals surface area contributed by atoms with Gasteiger partial charge in [-0.15, -0.1) is 0 Å². The van der Waals surface area contributed by atoms with E-state index in [1.807, 2.05) is 12.1 Å². The molecule has 1 fully saturated rings. The lowest BCUT2D eigenvalue weighted by molar-refractivity contribution is -0.129. The van der Waals surface area contributed by atoms with E-state index in [1.54, 1.807) is 29.2 Å². The Labute approximate surface area is 145 Å². The highest BCUT2D eigenvalue weighted by Gasteiger charge is 2.33. The molecule has 2 aromatic rings. The van der Waals surface area contributed by atoms with Crippen molar-refractivity contribution >= 4 is 11.8 Å². The van der Waals surface area contributed by atoms with Crippen LogP contribution in [0.3, 0.4) is 0 Å². The molecule has 132 valence electrons. The highest BCUT2D eigenvalue weighted by atomic mass is 16.5. The number of aromatic nitrogens is 4. The van der Waals surface area contributed by atoms with Gasteiger partial charge in [0.2, 0.25) is 11.8 Å². The van der Waals surface area contributed by atoms with Gasteiger partial charge in [0, 0.05) is 39.4 Å². The molecule has 3 heterocycles. The minimum atomic E-state index is -0.313.